The number of aliphatic hydroxyl groups excluding tert-OH is 1. The molecule has 3 aliphatic carbocycles. The number of rotatable bonds is 12. The molecular weight excluding hydrogens is 392 g/mol. The van der Waals surface area contributed by atoms with Gasteiger partial charge in [0.1, 0.15) is 0 Å². The fraction of sp³-hybridized carbons (Fsp3) is 1.00. The summed E-state index contributed by atoms with van der Waals surface area (Å²) in [5.41, 5.74) is 0.551. The van der Waals surface area contributed by atoms with Gasteiger partial charge in [-0.05, 0) is 98.2 Å². The lowest BCUT2D eigenvalue weighted by atomic mass is 9.47. The van der Waals surface area contributed by atoms with E-state index < -0.39 is 0 Å². The van der Waals surface area contributed by atoms with Gasteiger partial charge in [0.2, 0.25) is 0 Å². The van der Waals surface area contributed by atoms with E-state index in [9.17, 15) is 0 Å². The summed E-state index contributed by atoms with van der Waals surface area (Å²) >= 11 is 0. The van der Waals surface area contributed by atoms with E-state index in [1.54, 1.807) is 0 Å². The van der Waals surface area contributed by atoms with Crippen molar-refractivity contribution in [2.45, 2.75) is 131 Å². The molecule has 8 atom stereocenters. The molecule has 0 spiro atoms. The molecule has 0 radical (unpaired) electrons. The molecule has 0 amide bonds. The first-order valence-corrected chi connectivity index (χ1v) is 14.6. The third-order valence-corrected chi connectivity index (χ3v) is 10.5. The molecule has 0 aromatic rings. The molecule has 0 aromatic carbocycles. The first-order chi connectivity index (χ1) is 15.4. The molecule has 1 N–H and O–H groups in total. The van der Waals surface area contributed by atoms with Gasteiger partial charge in [-0.15, -0.1) is 0 Å². The van der Waals surface area contributed by atoms with Crippen LogP contribution in [0.5, 0.6) is 0 Å². The molecular formula is C30H56O2. The van der Waals surface area contributed by atoms with Crippen LogP contribution in [0.1, 0.15) is 125 Å². The highest BCUT2D eigenvalue weighted by Crippen LogP contribution is 2.61. The van der Waals surface area contributed by atoms with E-state index in [4.69, 9.17) is 9.84 Å². The molecule has 3 fully saturated rings. The van der Waals surface area contributed by atoms with Crippen molar-refractivity contribution in [3.05, 3.63) is 0 Å². The Kier molecular flexibility index (Phi) is 10.4. The van der Waals surface area contributed by atoms with Crippen molar-refractivity contribution in [2.75, 3.05) is 13.2 Å². The zero-order valence-electron chi connectivity index (χ0n) is 22.3. The van der Waals surface area contributed by atoms with E-state index in [1.165, 1.54) is 89.9 Å². The smallest absolute Gasteiger partial charge is 0.0701 e. The summed E-state index contributed by atoms with van der Waals surface area (Å²) in [5.74, 6) is 6.50. The quantitative estimate of drug-likeness (QED) is 0.325. The third kappa shape index (κ3) is 6.53. The Labute approximate surface area is 200 Å². The number of fused-ring (bicyclic) bond motifs is 3. The van der Waals surface area contributed by atoms with E-state index in [1.807, 2.05) is 0 Å². The number of hydrogen-bond acceptors (Lipinski definition) is 2. The van der Waals surface area contributed by atoms with E-state index in [2.05, 4.69) is 34.6 Å². The molecule has 0 saturated heterocycles. The standard InChI is InChI=1S/C30H56O2/c1-6-24(23(4)10-7-9-22(2)3)13-14-25-11-8-12-29-28(25)16-15-26-21-27(32-20-19-31)17-18-30(26,29)5/h22-29,31H,6-21H2,1-5H3/t23-,24-,25+,26+,27+,28+,29+,30+/m1/s1. The minimum atomic E-state index is 0.167. The largest absolute Gasteiger partial charge is 0.394 e. The molecule has 3 saturated carbocycles. The fourth-order valence-corrected chi connectivity index (χ4v) is 8.45. The van der Waals surface area contributed by atoms with Gasteiger partial charge in [0.25, 0.3) is 0 Å². The van der Waals surface area contributed by atoms with Crippen molar-refractivity contribution in [3.8, 4) is 0 Å². The SMILES string of the molecule is CC[C@H](CC[C@@H]1CCC[C@H]2[C@H]1CC[C@H]1C[C@@H](OCCO)CC[C@@]12C)[C@H](C)CCCC(C)C. The highest BCUT2D eigenvalue weighted by atomic mass is 16.5. The topological polar surface area (TPSA) is 29.5 Å². The zero-order chi connectivity index (χ0) is 23.1. The van der Waals surface area contributed by atoms with Gasteiger partial charge in [-0.1, -0.05) is 73.1 Å². The molecule has 0 aliphatic heterocycles. The van der Waals surface area contributed by atoms with E-state index >= 15 is 0 Å². The maximum atomic E-state index is 9.14. The second kappa shape index (κ2) is 12.6. The third-order valence-electron chi connectivity index (χ3n) is 10.5. The van der Waals surface area contributed by atoms with Crippen molar-refractivity contribution < 1.29 is 9.84 Å². The monoisotopic (exact) mass is 448 g/mol. The van der Waals surface area contributed by atoms with Crippen LogP contribution in [0.3, 0.4) is 0 Å². The van der Waals surface area contributed by atoms with Crippen molar-refractivity contribution in [3.63, 3.8) is 0 Å². The van der Waals surface area contributed by atoms with E-state index in [-0.39, 0.29) is 6.61 Å². The summed E-state index contributed by atoms with van der Waals surface area (Å²) < 4.78 is 5.97. The first kappa shape index (κ1) is 26.5. The van der Waals surface area contributed by atoms with Crippen LogP contribution in [0.4, 0.5) is 0 Å². The predicted molar refractivity (Wildman–Crippen MR) is 137 cm³/mol. The highest BCUT2D eigenvalue weighted by molar-refractivity contribution is 5.02. The molecule has 188 valence electrons. The minimum absolute atomic E-state index is 0.167. The summed E-state index contributed by atoms with van der Waals surface area (Å²) in [6.45, 7) is 13.1. The average Bonchev–Trinajstić information content (AvgIpc) is 2.78. The highest BCUT2D eigenvalue weighted by Gasteiger charge is 2.52. The molecule has 0 heterocycles. The van der Waals surface area contributed by atoms with Crippen LogP contribution in [-0.2, 0) is 4.74 Å². The van der Waals surface area contributed by atoms with Crippen molar-refractivity contribution in [2.24, 2.45) is 46.8 Å². The Morgan fingerprint density at radius 1 is 1.00 bits per heavy atom. The van der Waals surface area contributed by atoms with Gasteiger partial charge in [-0.3, -0.25) is 0 Å². The Balaban J connectivity index is 1.53. The second-order valence-electron chi connectivity index (χ2n) is 12.8. The lowest BCUT2D eigenvalue weighted by molar-refractivity contribution is -0.115. The maximum absolute atomic E-state index is 9.14. The number of hydrogen-bond donors (Lipinski definition) is 1. The minimum Gasteiger partial charge on any atom is -0.394 e. The van der Waals surface area contributed by atoms with E-state index in [0.717, 1.165) is 41.4 Å². The lowest BCUT2D eigenvalue weighted by Crippen LogP contribution is -2.51. The second-order valence-corrected chi connectivity index (χ2v) is 12.8. The molecule has 32 heavy (non-hydrogen) atoms. The number of aliphatic hydroxyl groups is 1. The predicted octanol–water partition coefficient (Wildman–Crippen LogP) is 8.27. The van der Waals surface area contributed by atoms with E-state index in [0.29, 0.717) is 18.1 Å². The zero-order valence-corrected chi connectivity index (χ0v) is 22.3. The molecule has 3 aliphatic rings. The lowest BCUT2D eigenvalue weighted by Gasteiger charge is -2.58. The van der Waals surface area contributed by atoms with Gasteiger partial charge in [-0.25, -0.2) is 0 Å². The van der Waals surface area contributed by atoms with Crippen molar-refractivity contribution >= 4 is 0 Å². The van der Waals surface area contributed by atoms with Gasteiger partial charge >= 0.3 is 0 Å². The summed E-state index contributed by atoms with van der Waals surface area (Å²) in [7, 11) is 0. The first-order valence-electron chi connectivity index (χ1n) is 14.6. The summed E-state index contributed by atoms with van der Waals surface area (Å²) in [6, 6.07) is 0. The summed E-state index contributed by atoms with van der Waals surface area (Å²) in [4.78, 5) is 0. The van der Waals surface area contributed by atoms with Crippen LogP contribution in [0, 0.1) is 46.8 Å². The Morgan fingerprint density at radius 2 is 1.81 bits per heavy atom. The molecule has 3 rings (SSSR count). The molecule has 2 heteroatoms. The van der Waals surface area contributed by atoms with Gasteiger partial charge in [0.05, 0.1) is 19.3 Å². The Morgan fingerprint density at radius 3 is 2.53 bits per heavy atom. The Bertz CT molecular complexity index is 531. The molecule has 0 unspecified atom stereocenters. The van der Waals surface area contributed by atoms with Crippen LogP contribution in [0.2, 0.25) is 0 Å². The van der Waals surface area contributed by atoms with Crippen molar-refractivity contribution in [1.29, 1.82) is 0 Å². The maximum Gasteiger partial charge on any atom is 0.0701 e. The van der Waals surface area contributed by atoms with Gasteiger partial charge in [-0.2, -0.15) is 0 Å². The van der Waals surface area contributed by atoms with Gasteiger partial charge < -0.3 is 9.84 Å². The van der Waals surface area contributed by atoms with Crippen molar-refractivity contribution in [1.82, 2.24) is 0 Å². The summed E-state index contributed by atoms with van der Waals surface area (Å²) in [5, 5.41) is 9.14. The Hall–Kier alpha value is -0.0800. The fourth-order valence-electron chi connectivity index (χ4n) is 8.45. The number of ether oxygens (including phenoxy) is 1. The van der Waals surface area contributed by atoms with Crippen LogP contribution >= 0.6 is 0 Å². The molecule has 0 bridgehead atoms. The van der Waals surface area contributed by atoms with Gasteiger partial charge in [0.15, 0.2) is 0 Å². The normalized spacial score (nSPS) is 37.0. The van der Waals surface area contributed by atoms with Gasteiger partial charge in [0, 0.05) is 0 Å². The molecule has 2 nitrogen and oxygen atoms in total. The van der Waals surface area contributed by atoms with Crippen LogP contribution < -0.4 is 0 Å². The van der Waals surface area contributed by atoms with Crippen LogP contribution in [0.25, 0.3) is 0 Å². The molecule has 0 aromatic heterocycles. The summed E-state index contributed by atoms with van der Waals surface area (Å²) in [6.07, 6.45) is 20.2. The van der Waals surface area contributed by atoms with Crippen LogP contribution in [-0.4, -0.2) is 24.4 Å². The average molecular weight is 449 g/mol. The van der Waals surface area contributed by atoms with Crippen LogP contribution in [0.15, 0.2) is 0 Å².